The summed E-state index contributed by atoms with van der Waals surface area (Å²) in [4.78, 5) is 8.68. The van der Waals surface area contributed by atoms with Crippen molar-refractivity contribution in [3.63, 3.8) is 0 Å². The van der Waals surface area contributed by atoms with Gasteiger partial charge in [-0.05, 0) is 38.0 Å². The van der Waals surface area contributed by atoms with Gasteiger partial charge >= 0.3 is 0 Å². The van der Waals surface area contributed by atoms with E-state index >= 15 is 0 Å². The van der Waals surface area contributed by atoms with Gasteiger partial charge in [-0.25, -0.2) is 4.98 Å². The van der Waals surface area contributed by atoms with Gasteiger partial charge in [0.2, 0.25) is 5.88 Å². The largest absolute Gasteiger partial charge is 0.437 e. The van der Waals surface area contributed by atoms with Gasteiger partial charge < -0.3 is 10.5 Å². The van der Waals surface area contributed by atoms with E-state index in [0.717, 1.165) is 24.0 Å². The number of anilines is 1. The average molecular weight is 292 g/mol. The number of hydrogen-bond acceptors (Lipinski definition) is 4. The number of nitrogens with two attached hydrogens (primary N) is 1. The van der Waals surface area contributed by atoms with Crippen molar-refractivity contribution in [2.24, 2.45) is 0 Å². The summed E-state index contributed by atoms with van der Waals surface area (Å²) in [6, 6.07) is 5.61. The number of halogens is 1. The molecule has 2 N–H and O–H groups in total. The standard InChI is InChI=1S/C15H18ClN3O/c1-4-5-13-18-14(17)10(3)15(19-13)20-12-8-9(2)6-7-11(12)16/h6-8H,4-5H2,1-3H3,(H2,17,18,19). The van der Waals surface area contributed by atoms with Gasteiger partial charge in [-0.3, -0.25) is 0 Å². The molecule has 20 heavy (non-hydrogen) atoms. The van der Waals surface area contributed by atoms with E-state index in [1.54, 1.807) is 6.07 Å². The third-order valence-corrected chi connectivity index (χ3v) is 3.26. The molecule has 0 bridgehead atoms. The highest BCUT2D eigenvalue weighted by Gasteiger charge is 2.12. The molecule has 0 fully saturated rings. The first-order chi connectivity index (χ1) is 9.51. The first-order valence-corrected chi connectivity index (χ1v) is 6.96. The second kappa shape index (κ2) is 6.09. The maximum absolute atomic E-state index is 6.14. The van der Waals surface area contributed by atoms with Crippen LogP contribution in [-0.2, 0) is 6.42 Å². The van der Waals surface area contributed by atoms with Crippen molar-refractivity contribution < 1.29 is 4.74 Å². The lowest BCUT2D eigenvalue weighted by atomic mass is 10.2. The van der Waals surface area contributed by atoms with Gasteiger partial charge in [0.1, 0.15) is 17.4 Å². The predicted molar refractivity (Wildman–Crippen MR) is 81.4 cm³/mol. The number of hydrogen-bond donors (Lipinski definition) is 1. The van der Waals surface area contributed by atoms with E-state index in [4.69, 9.17) is 22.1 Å². The summed E-state index contributed by atoms with van der Waals surface area (Å²) in [5, 5.41) is 0.546. The highest BCUT2D eigenvalue weighted by Crippen LogP contribution is 2.32. The summed E-state index contributed by atoms with van der Waals surface area (Å²) in [7, 11) is 0. The molecule has 0 spiro atoms. The van der Waals surface area contributed by atoms with Crippen LogP contribution in [0.4, 0.5) is 5.82 Å². The molecule has 0 amide bonds. The zero-order valence-corrected chi connectivity index (χ0v) is 12.7. The molecule has 2 rings (SSSR count). The van der Waals surface area contributed by atoms with Gasteiger partial charge in [0.05, 0.1) is 10.6 Å². The van der Waals surface area contributed by atoms with E-state index in [2.05, 4.69) is 16.9 Å². The molecule has 1 aromatic heterocycles. The number of benzene rings is 1. The van der Waals surface area contributed by atoms with Crippen molar-refractivity contribution >= 4 is 17.4 Å². The molecule has 0 aliphatic carbocycles. The second-order valence-electron chi connectivity index (χ2n) is 4.74. The molecule has 106 valence electrons. The van der Waals surface area contributed by atoms with Gasteiger partial charge in [0.25, 0.3) is 0 Å². The zero-order chi connectivity index (χ0) is 14.7. The van der Waals surface area contributed by atoms with E-state index in [-0.39, 0.29) is 0 Å². The van der Waals surface area contributed by atoms with Crippen LogP contribution < -0.4 is 10.5 Å². The van der Waals surface area contributed by atoms with Crippen molar-refractivity contribution in [1.82, 2.24) is 9.97 Å². The summed E-state index contributed by atoms with van der Waals surface area (Å²) in [5.41, 5.74) is 7.70. The van der Waals surface area contributed by atoms with Crippen LogP contribution in [0, 0.1) is 13.8 Å². The fourth-order valence-electron chi connectivity index (χ4n) is 1.79. The smallest absolute Gasteiger partial charge is 0.227 e. The molecule has 0 atom stereocenters. The summed E-state index contributed by atoms with van der Waals surface area (Å²) < 4.78 is 5.83. The van der Waals surface area contributed by atoms with Crippen LogP contribution in [0.2, 0.25) is 5.02 Å². The first-order valence-electron chi connectivity index (χ1n) is 6.58. The molecule has 0 saturated carbocycles. The number of ether oxygens (including phenoxy) is 1. The molecule has 1 aromatic carbocycles. The highest BCUT2D eigenvalue weighted by atomic mass is 35.5. The molecule has 0 radical (unpaired) electrons. The Morgan fingerprint density at radius 3 is 2.70 bits per heavy atom. The number of aromatic nitrogens is 2. The first kappa shape index (κ1) is 14.6. The Balaban J connectivity index is 2.39. The number of nitrogens with zero attached hydrogens (tertiary/aromatic N) is 2. The Morgan fingerprint density at radius 2 is 2.00 bits per heavy atom. The molecule has 1 heterocycles. The van der Waals surface area contributed by atoms with Crippen LogP contribution >= 0.6 is 11.6 Å². The molecule has 5 heteroatoms. The maximum Gasteiger partial charge on any atom is 0.227 e. The van der Waals surface area contributed by atoms with Gasteiger partial charge in [-0.15, -0.1) is 0 Å². The van der Waals surface area contributed by atoms with Crippen LogP contribution in [0.1, 0.15) is 30.3 Å². The normalized spacial score (nSPS) is 10.6. The summed E-state index contributed by atoms with van der Waals surface area (Å²) in [5.74, 6) is 2.18. The molecule has 2 aromatic rings. The Hall–Kier alpha value is -1.81. The third-order valence-electron chi connectivity index (χ3n) is 2.95. The molecule has 0 saturated heterocycles. The predicted octanol–water partition coefficient (Wildman–Crippen LogP) is 4.07. The molecular formula is C15H18ClN3O. The van der Waals surface area contributed by atoms with Crippen molar-refractivity contribution in [3.05, 3.63) is 40.2 Å². The summed E-state index contributed by atoms with van der Waals surface area (Å²) in [6.07, 6.45) is 1.72. The molecule has 0 aliphatic rings. The van der Waals surface area contributed by atoms with Crippen molar-refractivity contribution in [3.8, 4) is 11.6 Å². The Bertz CT molecular complexity index is 629. The van der Waals surface area contributed by atoms with E-state index in [1.807, 2.05) is 26.0 Å². The van der Waals surface area contributed by atoms with E-state index < -0.39 is 0 Å². The number of nitrogen functional groups attached to an aromatic ring is 1. The average Bonchev–Trinajstić information content (AvgIpc) is 2.40. The minimum absolute atomic E-state index is 0.447. The van der Waals surface area contributed by atoms with Crippen LogP contribution in [0.15, 0.2) is 18.2 Å². The number of aryl methyl sites for hydroxylation is 2. The lowest BCUT2D eigenvalue weighted by Gasteiger charge is -2.12. The fourth-order valence-corrected chi connectivity index (χ4v) is 1.94. The SMILES string of the molecule is CCCc1nc(N)c(C)c(Oc2cc(C)ccc2Cl)n1. The van der Waals surface area contributed by atoms with E-state index in [9.17, 15) is 0 Å². The topological polar surface area (TPSA) is 61.0 Å². The Labute approximate surface area is 124 Å². The summed E-state index contributed by atoms with van der Waals surface area (Å²) in [6.45, 7) is 5.88. The second-order valence-corrected chi connectivity index (χ2v) is 5.15. The molecule has 0 unspecified atom stereocenters. The fraction of sp³-hybridized carbons (Fsp3) is 0.333. The summed E-state index contributed by atoms with van der Waals surface area (Å²) >= 11 is 6.14. The van der Waals surface area contributed by atoms with E-state index in [0.29, 0.717) is 28.3 Å². The lowest BCUT2D eigenvalue weighted by Crippen LogP contribution is -2.05. The quantitative estimate of drug-likeness (QED) is 0.922. The van der Waals surface area contributed by atoms with Crippen molar-refractivity contribution in [1.29, 1.82) is 0 Å². The van der Waals surface area contributed by atoms with Gasteiger partial charge in [-0.1, -0.05) is 24.6 Å². The van der Waals surface area contributed by atoms with Crippen LogP contribution in [-0.4, -0.2) is 9.97 Å². The highest BCUT2D eigenvalue weighted by molar-refractivity contribution is 6.32. The maximum atomic E-state index is 6.14. The zero-order valence-electron chi connectivity index (χ0n) is 11.9. The monoisotopic (exact) mass is 291 g/mol. The Morgan fingerprint density at radius 1 is 1.25 bits per heavy atom. The van der Waals surface area contributed by atoms with Crippen LogP contribution in [0.5, 0.6) is 11.6 Å². The van der Waals surface area contributed by atoms with Gasteiger partial charge in [0.15, 0.2) is 0 Å². The van der Waals surface area contributed by atoms with Crippen LogP contribution in [0.3, 0.4) is 0 Å². The Kier molecular flexibility index (Phi) is 4.45. The van der Waals surface area contributed by atoms with Crippen molar-refractivity contribution in [2.45, 2.75) is 33.6 Å². The van der Waals surface area contributed by atoms with Gasteiger partial charge in [-0.2, -0.15) is 4.98 Å². The molecule has 4 nitrogen and oxygen atoms in total. The molecule has 0 aliphatic heterocycles. The minimum atomic E-state index is 0.447. The van der Waals surface area contributed by atoms with Gasteiger partial charge in [0, 0.05) is 6.42 Å². The van der Waals surface area contributed by atoms with E-state index in [1.165, 1.54) is 0 Å². The lowest BCUT2D eigenvalue weighted by molar-refractivity contribution is 0.454. The minimum Gasteiger partial charge on any atom is -0.437 e. The third kappa shape index (κ3) is 3.20. The molecular weight excluding hydrogens is 274 g/mol. The van der Waals surface area contributed by atoms with Crippen molar-refractivity contribution in [2.75, 3.05) is 5.73 Å². The van der Waals surface area contributed by atoms with Crippen LogP contribution in [0.25, 0.3) is 0 Å². The number of rotatable bonds is 4.